The number of amides is 1. The van der Waals surface area contributed by atoms with E-state index in [1.54, 1.807) is 31.2 Å². The lowest BCUT2D eigenvalue weighted by Crippen LogP contribution is -2.28. The molecule has 1 amide bonds. The van der Waals surface area contributed by atoms with Crippen molar-refractivity contribution in [3.05, 3.63) is 65.2 Å². The lowest BCUT2D eigenvalue weighted by molar-refractivity contribution is -0.148. The highest BCUT2D eigenvalue weighted by Crippen LogP contribution is 2.34. The summed E-state index contributed by atoms with van der Waals surface area (Å²) in [5.74, 6) is -3.15. The summed E-state index contributed by atoms with van der Waals surface area (Å²) in [5, 5.41) is 3.18. The molecule has 0 radical (unpaired) electrons. The van der Waals surface area contributed by atoms with Crippen LogP contribution in [0.3, 0.4) is 0 Å². The molecule has 0 saturated carbocycles. The molecule has 1 aliphatic rings. The number of carbonyl (C=O) groups is 3. The quantitative estimate of drug-likeness (QED) is 0.640. The van der Waals surface area contributed by atoms with Crippen molar-refractivity contribution in [3.63, 3.8) is 0 Å². The van der Waals surface area contributed by atoms with E-state index in [0.717, 1.165) is 6.07 Å². The second-order valence-electron chi connectivity index (χ2n) is 6.77. The Bertz CT molecular complexity index is 1150. The fourth-order valence-electron chi connectivity index (χ4n) is 3.50. The van der Waals surface area contributed by atoms with Crippen LogP contribution in [0.25, 0.3) is 11.0 Å². The van der Waals surface area contributed by atoms with Gasteiger partial charge in [-0.25, -0.2) is 9.18 Å². The standard InChI is InChI=1S/C22H18FNO6/c1-2-28-22(27)20-16(14-5-3-4-6-18(14)30-20)11-29-21(26)15-10-19(25)24-17-9-12(23)7-8-13(15)17/h3-9,15H,2,10-11H2,1H3,(H,24,25). The second-order valence-corrected chi connectivity index (χ2v) is 6.77. The average Bonchev–Trinajstić information content (AvgIpc) is 3.10. The molecule has 3 aromatic rings. The Hall–Kier alpha value is -3.68. The summed E-state index contributed by atoms with van der Waals surface area (Å²) < 4.78 is 29.6. The van der Waals surface area contributed by atoms with Crippen molar-refractivity contribution in [2.75, 3.05) is 11.9 Å². The van der Waals surface area contributed by atoms with Gasteiger partial charge in [0.2, 0.25) is 11.7 Å². The van der Waals surface area contributed by atoms with Gasteiger partial charge in [-0.3, -0.25) is 9.59 Å². The third kappa shape index (κ3) is 3.63. The van der Waals surface area contributed by atoms with E-state index in [1.165, 1.54) is 12.1 Å². The van der Waals surface area contributed by atoms with Gasteiger partial charge >= 0.3 is 11.9 Å². The molecule has 0 bridgehead atoms. The van der Waals surface area contributed by atoms with Crippen LogP contribution in [-0.2, 0) is 25.7 Å². The van der Waals surface area contributed by atoms with Crippen LogP contribution in [0.5, 0.6) is 0 Å². The van der Waals surface area contributed by atoms with Crippen molar-refractivity contribution in [2.24, 2.45) is 0 Å². The predicted octanol–water partition coefficient (Wildman–Crippen LogP) is 3.92. The fraction of sp³-hybridized carbons (Fsp3) is 0.227. The molecule has 4 rings (SSSR count). The van der Waals surface area contributed by atoms with E-state index in [2.05, 4.69) is 5.32 Å². The lowest BCUT2D eigenvalue weighted by Gasteiger charge is -2.24. The second kappa shape index (κ2) is 7.98. The normalized spacial score (nSPS) is 15.4. The molecule has 1 aliphatic heterocycles. The maximum absolute atomic E-state index is 13.5. The summed E-state index contributed by atoms with van der Waals surface area (Å²) in [4.78, 5) is 37.0. The summed E-state index contributed by atoms with van der Waals surface area (Å²) in [6.07, 6.45) is -0.117. The van der Waals surface area contributed by atoms with Gasteiger partial charge in [0.25, 0.3) is 0 Å². The van der Waals surface area contributed by atoms with Crippen LogP contribution >= 0.6 is 0 Å². The highest BCUT2D eigenvalue weighted by molar-refractivity contribution is 6.00. The van der Waals surface area contributed by atoms with Gasteiger partial charge in [-0.2, -0.15) is 0 Å². The van der Waals surface area contributed by atoms with Crippen LogP contribution in [0.4, 0.5) is 10.1 Å². The van der Waals surface area contributed by atoms with Gasteiger partial charge in [0, 0.05) is 17.5 Å². The van der Waals surface area contributed by atoms with Crippen molar-refractivity contribution < 1.29 is 32.7 Å². The van der Waals surface area contributed by atoms with Gasteiger partial charge in [0.05, 0.1) is 18.1 Å². The van der Waals surface area contributed by atoms with Crippen LogP contribution in [0.1, 0.15) is 40.9 Å². The molecule has 0 spiro atoms. The summed E-state index contributed by atoms with van der Waals surface area (Å²) in [7, 11) is 0. The van der Waals surface area contributed by atoms with E-state index in [-0.39, 0.29) is 31.1 Å². The lowest BCUT2D eigenvalue weighted by atomic mass is 9.90. The molecule has 1 atom stereocenters. The van der Waals surface area contributed by atoms with Crippen molar-refractivity contribution in [2.45, 2.75) is 25.9 Å². The van der Waals surface area contributed by atoms with E-state index >= 15 is 0 Å². The summed E-state index contributed by atoms with van der Waals surface area (Å²) in [6.45, 7) is 1.60. The first kappa shape index (κ1) is 19.6. The van der Waals surface area contributed by atoms with Crippen molar-refractivity contribution >= 4 is 34.5 Å². The van der Waals surface area contributed by atoms with Gasteiger partial charge in [-0.05, 0) is 30.7 Å². The number of carbonyl (C=O) groups excluding carboxylic acids is 3. The number of hydrogen-bond donors (Lipinski definition) is 1. The zero-order valence-electron chi connectivity index (χ0n) is 16.1. The molecule has 1 aromatic heterocycles. The Morgan fingerprint density at radius 3 is 2.80 bits per heavy atom. The Labute approximate surface area is 170 Å². The first-order chi connectivity index (χ1) is 14.5. The number of hydrogen-bond acceptors (Lipinski definition) is 6. The van der Waals surface area contributed by atoms with Crippen LogP contribution in [0, 0.1) is 5.82 Å². The number of ether oxygens (including phenoxy) is 2. The highest BCUT2D eigenvalue weighted by Gasteiger charge is 2.33. The number of rotatable bonds is 5. The van der Waals surface area contributed by atoms with Gasteiger partial charge in [-0.1, -0.05) is 24.3 Å². The van der Waals surface area contributed by atoms with Crippen molar-refractivity contribution in [1.29, 1.82) is 0 Å². The van der Waals surface area contributed by atoms with Gasteiger partial charge in [0.1, 0.15) is 18.0 Å². The largest absolute Gasteiger partial charge is 0.460 e. The maximum Gasteiger partial charge on any atom is 0.374 e. The number of halogens is 1. The zero-order chi connectivity index (χ0) is 21.3. The number of furan rings is 1. The zero-order valence-corrected chi connectivity index (χ0v) is 16.1. The van der Waals surface area contributed by atoms with Crippen LogP contribution in [0.15, 0.2) is 46.9 Å². The van der Waals surface area contributed by atoms with Crippen LogP contribution < -0.4 is 5.32 Å². The minimum Gasteiger partial charge on any atom is -0.460 e. The van der Waals surface area contributed by atoms with E-state index in [4.69, 9.17) is 13.9 Å². The molecule has 2 heterocycles. The van der Waals surface area contributed by atoms with E-state index in [9.17, 15) is 18.8 Å². The van der Waals surface area contributed by atoms with E-state index < -0.39 is 29.6 Å². The van der Waals surface area contributed by atoms with Crippen LogP contribution in [-0.4, -0.2) is 24.5 Å². The fourth-order valence-corrected chi connectivity index (χ4v) is 3.50. The van der Waals surface area contributed by atoms with Crippen molar-refractivity contribution in [1.82, 2.24) is 0 Å². The first-order valence-corrected chi connectivity index (χ1v) is 9.41. The Morgan fingerprint density at radius 1 is 1.20 bits per heavy atom. The molecule has 1 N–H and O–H groups in total. The first-order valence-electron chi connectivity index (χ1n) is 9.41. The number of benzene rings is 2. The molecule has 1 unspecified atom stereocenters. The van der Waals surface area contributed by atoms with E-state index in [1.807, 2.05) is 0 Å². The number of nitrogens with one attached hydrogen (secondary N) is 1. The third-order valence-electron chi connectivity index (χ3n) is 4.86. The van der Waals surface area contributed by atoms with Gasteiger partial charge in [0.15, 0.2) is 0 Å². The molecular weight excluding hydrogens is 393 g/mol. The summed E-state index contributed by atoms with van der Waals surface area (Å²) in [6, 6.07) is 10.8. The molecule has 154 valence electrons. The molecule has 30 heavy (non-hydrogen) atoms. The molecule has 8 heteroatoms. The Kier molecular flexibility index (Phi) is 5.22. The maximum atomic E-state index is 13.5. The van der Waals surface area contributed by atoms with Gasteiger partial charge in [-0.15, -0.1) is 0 Å². The predicted molar refractivity (Wildman–Crippen MR) is 104 cm³/mol. The monoisotopic (exact) mass is 411 g/mol. The number of anilines is 1. The minimum atomic E-state index is -0.876. The molecule has 2 aromatic carbocycles. The van der Waals surface area contributed by atoms with Crippen LogP contribution in [0.2, 0.25) is 0 Å². The molecular formula is C22H18FNO6. The topological polar surface area (TPSA) is 94.8 Å². The minimum absolute atomic E-state index is 0.0327. The summed E-state index contributed by atoms with van der Waals surface area (Å²) >= 11 is 0. The molecule has 0 aliphatic carbocycles. The smallest absolute Gasteiger partial charge is 0.374 e. The average molecular weight is 411 g/mol. The third-order valence-corrected chi connectivity index (χ3v) is 4.86. The molecule has 0 fully saturated rings. The number of esters is 2. The summed E-state index contributed by atoms with van der Waals surface area (Å²) in [5.41, 5.74) is 1.57. The Morgan fingerprint density at radius 2 is 2.00 bits per heavy atom. The van der Waals surface area contributed by atoms with E-state index in [0.29, 0.717) is 22.1 Å². The van der Waals surface area contributed by atoms with Crippen molar-refractivity contribution in [3.8, 4) is 0 Å². The SMILES string of the molecule is CCOC(=O)c1oc2ccccc2c1COC(=O)C1CC(=O)Nc2cc(F)ccc21. The molecule has 0 saturated heterocycles. The van der Waals surface area contributed by atoms with Gasteiger partial charge < -0.3 is 19.2 Å². The Balaban J connectivity index is 1.60. The highest BCUT2D eigenvalue weighted by atomic mass is 19.1. The number of para-hydroxylation sites is 1. The molecule has 7 nitrogen and oxygen atoms in total. The number of fused-ring (bicyclic) bond motifs is 2.